The van der Waals surface area contributed by atoms with Crippen LogP contribution in [-0.4, -0.2) is 24.0 Å². The van der Waals surface area contributed by atoms with Gasteiger partial charge in [0.15, 0.2) is 0 Å². The molecule has 5 heteroatoms. The van der Waals surface area contributed by atoms with Gasteiger partial charge in [-0.3, -0.25) is 4.79 Å². The van der Waals surface area contributed by atoms with Gasteiger partial charge in [-0.2, -0.15) is 5.10 Å². The molecule has 1 heterocycles. The van der Waals surface area contributed by atoms with Crippen molar-refractivity contribution >= 4 is 6.08 Å². The van der Waals surface area contributed by atoms with E-state index >= 15 is 0 Å². The van der Waals surface area contributed by atoms with E-state index in [0.717, 1.165) is 39.4 Å². The molecule has 0 bridgehead atoms. The second-order valence-corrected chi connectivity index (χ2v) is 7.70. The van der Waals surface area contributed by atoms with E-state index < -0.39 is 0 Å². The summed E-state index contributed by atoms with van der Waals surface area (Å²) in [6, 6.07) is 25.2. The Labute approximate surface area is 193 Å². The van der Waals surface area contributed by atoms with Gasteiger partial charge in [0.1, 0.15) is 11.5 Å². The van der Waals surface area contributed by atoms with Crippen LogP contribution in [0.4, 0.5) is 0 Å². The monoisotopic (exact) mass is 438 g/mol. The fraction of sp³-hybridized carbons (Fsp3) is 0.143. The molecule has 0 N–H and O–H groups in total. The number of allylic oxidation sites excluding steroid dienone is 1. The molecule has 0 saturated carbocycles. The van der Waals surface area contributed by atoms with Crippen LogP contribution in [0, 0.1) is 6.92 Å². The van der Waals surface area contributed by atoms with Crippen LogP contribution in [0.5, 0.6) is 11.5 Å². The van der Waals surface area contributed by atoms with Crippen LogP contribution >= 0.6 is 0 Å². The SMILES string of the molecule is COc1ccc(-c2cc(=O)n(CC=Cc3ccc(C)cc3)nc2-c2ccc(OC)cc2)cc1. The van der Waals surface area contributed by atoms with Gasteiger partial charge in [-0.05, 0) is 54.4 Å². The lowest BCUT2D eigenvalue weighted by molar-refractivity contribution is 0.414. The van der Waals surface area contributed by atoms with Crippen molar-refractivity contribution in [3.63, 3.8) is 0 Å². The van der Waals surface area contributed by atoms with Gasteiger partial charge in [0.05, 0.1) is 26.5 Å². The van der Waals surface area contributed by atoms with Gasteiger partial charge >= 0.3 is 0 Å². The summed E-state index contributed by atoms with van der Waals surface area (Å²) in [5.41, 5.74) is 5.43. The zero-order valence-corrected chi connectivity index (χ0v) is 19.0. The third-order valence-electron chi connectivity index (χ3n) is 5.43. The fourth-order valence-electron chi connectivity index (χ4n) is 3.54. The number of hydrogen-bond donors (Lipinski definition) is 0. The maximum Gasteiger partial charge on any atom is 0.267 e. The molecule has 0 saturated heterocycles. The highest BCUT2D eigenvalue weighted by molar-refractivity contribution is 5.80. The summed E-state index contributed by atoms with van der Waals surface area (Å²) in [5.74, 6) is 1.52. The molecular weight excluding hydrogens is 412 g/mol. The standard InChI is InChI=1S/C28H26N2O3/c1-20-6-8-21(9-7-20)5-4-18-30-27(31)19-26(22-10-14-24(32-2)15-11-22)28(29-30)23-12-16-25(33-3)17-13-23/h4-17,19H,18H2,1-3H3. The van der Waals surface area contributed by atoms with Gasteiger partial charge in [-0.1, -0.05) is 54.1 Å². The average Bonchev–Trinajstić information content (AvgIpc) is 2.86. The summed E-state index contributed by atoms with van der Waals surface area (Å²) in [7, 11) is 3.27. The normalized spacial score (nSPS) is 11.0. The van der Waals surface area contributed by atoms with Crippen molar-refractivity contribution in [2.75, 3.05) is 14.2 Å². The Morgan fingerprint density at radius 3 is 1.97 bits per heavy atom. The van der Waals surface area contributed by atoms with E-state index in [-0.39, 0.29) is 5.56 Å². The minimum atomic E-state index is -0.161. The number of ether oxygens (including phenoxy) is 2. The van der Waals surface area contributed by atoms with E-state index in [1.807, 2.05) is 60.7 Å². The molecule has 0 radical (unpaired) electrons. The molecule has 0 aliphatic rings. The molecule has 1 aromatic heterocycles. The molecule has 0 atom stereocenters. The summed E-state index contributed by atoms with van der Waals surface area (Å²) in [6.45, 7) is 2.43. The number of aryl methyl sites for hydroxylation is 1. The number of nitrogens with zero attached hydrogens (tertiary/aromatic N) is 2. The molecule has 0 aliphatic carbocycles. The van der Waals surface area contributed by atoms with E-state index in [2.05, 4.69) is 31.2 Å². The molecule has 166 valence electrons. The Kier molecular flexibility index (Phi) is 6.69. The highest BCUT2D eigenvalue weighted by Gasteiger charge is 2.13. The summed E-state index contributed by atoms with van der Waals surface area (Å²) in [4.78, 5) is 12.9. The number of methoxy groups -OCH3 is 2. The Balaban J connectivity index is 1.73. The Hall–Kier alpha value is -4.12. The second kappa shape index (κ2) is 10.0. The smallest absolute Gasteiger partial charge is 0.267 e. The van der Waals surface area contributed by atoms with Crippen molar-refractivity contribution < 1.29 is 9.47 Å². The number of aromatic nitrogens is 2. The predicted octanol–water partition coefficient (Wildman–Crippen LogP) is 5.62. The highest BCUT2D eigenvalue weighted by Crippen LogP contribution is 2.31. The van der Waals surface area contributed by atoms with E-state index in [1.54, 1.807) is 20.3 Å². The van der Waals surface area contributed by atoms with Crippen molar-refractivity contribution in [3.05, 3.63) is 106 Å². The maximum atomic E-state index is 12.9. The first kappa shape index (κ1) is 22.1. The molecule has 0 amide bonds. The summed E-state index contributed by atoms with van der Waals surface area (Å²) in [6.07, 6.45) is 3.95. The lowest BCUT2D eigenvalue weighted by atomic mass is 10.00. The highest BCUT2D eigenvalue weighted by atomic mass is 16.5. The average molecular weight is 439 g/mol. The van der Waals surface area contributed by atoms with E-state index in [1.165, 1.54) is 10.2 Å². The molecule has 5 nitrogen and oxygen atoms in total. The summed E-state index contributed by atoms with van der Waals surface area (Å²) < 4.78 is 12.0. The largest absolute Gasteiger partial charge is 0.497 e. The molecule has 0 aliphatic heterocycles. The predicted molar refractivity (Wildman–Crippen MR) is 133 cm³/mol. The van der Waals surface area contributed by atoms with Crippen LogP contribution in [-0.2, 0) is 6.54 Å². The zero-order valence-electron chi connectivity index (χ0n) is 19.0. The quantitative estimate of drug-likeness (QED) is 0.376. The fourth-order valence-corrected chi connectivity index (χ4v) is 3.54. The molecule has 0 unspecified atom stereocenters. The number of hydrogen-bond acceptors (Lipinski definition) is 4. The first-order chi connectivity index (χ1) is 16.1. The van der Waals surface area contributed by atoms with Gasteiger partial charge in [0, 0.05) is 17.2 Å². The number of rotatable bonds is 7. The topological polar surface area (TPSA) is 53.4 Å². The Bertz CT molecular complexity index is 1300. The van der Waals surface area contributed by atoms with E-state index in [0.29, 0.717) is 6.54 Å². The molecule has 4 aromatic rings. The molecule has 4 rings (SSSR count). The second-order valence-electron chi connectivity index (χ2n) is 7.70. The van der Waals surface area contributed by atoms with E-state index in [4.69, 9.17) is 14.6 Å². The van der Waals surface area contributed by atoms with Crippen LogP contribution < -0.4 is 15.0 Å². The van der Waals surface area contributed by atoms with Crippen LogP contribution in [0.3, 0.4) is 0 Å². The zero-order chi connectivity index (χ0) is 23.2. The van der Waals surface area contributed by atoms with Crippen molar-refractivity contribution in [1.29, 1.82) is 0 Å². The Morgan fingerprint density at radius 1 is 0.818 bits per heavy atom. The van der Waals surface area contributed by atoms with Crippen LogP contribution in [0.1, 0.15) is 11.1 Å². The van der Waals surface area contributed by atoms with Gasteiger partial charge in [-0.25, -0.2) is 4.68 Å². The summed E-state index contributed by atoms with van der Waals surface area (Å²) >= 11 is 0. The minimum Gasteiger partial charge on any atom is -0.497 e. The third kappa shape index (κ3) is 5.21. The lowest BCUT2D eigenvalue weighted by Crippen LogP contribution is -2.22. The van der Waals surface area contributed by atoms with Crippen molar-refractivity contribution in [1.82, 2.24) is 9.78 Å². The molecular formula is C28H26N2O3. The first-order valence-corrected chi connectivity index (χ1v) is 10.7. The summed E-state index contributed by atoms with van der Waals surface area (Å²) in [5, 5.41) is 4.74. The lowest BCUT2D eigenvalue weighted by Gasteiger charge is -2.13. The first-order valence-electron chi connectivity index (χ1n) is 10.7. The van der Waals surface area contributed by atoms with Gasteiger partial charge < -0.3 is 9.47 Å². The van der Waals surface area contributed by atoms with Gasteiger partial charge in [-0.15, -0.1) is 0 Å². The van der Waals surface area contributed by atoms with Crippen molar-refractivity contribution in [2.45, 2.75) is 13.5 Å². The molecule has 33 heavy (non-hydrogen) atoms. The van der Waals surface area contributed by atoms with Gasteiger partial charge in [0.2, 0.25) is 0 Å². The molecule has 0 spiro atoms. The van der Waals surface area contributed by atoms with Crippen LogP contribution in [0.15, 0.2) is 89.7 Å². The van der Waals surface area contributed by atoms with Gasteiger partial charge in [0.25, 0.3) is 5.56 Å². The van der Waals surface area contributed by atoms with Crippen molar-refractivity contribution in [3.8, 4) is 33.9 Å². The van der Waals surface area contributed by atoms with E-state index in [9.17, 15) is 4.79 Å². The third-order valence-corrected chi connectivity index (χ3v) is 5.43. The van der Waals surface area contributed by atoms with Crippen molar-refractivity contribution in [2.24, 2.45) is 0 Å². The number of benzene rings is 3. The minimum absolute atomic E-state index is 0.161. The molecule has 3 aromatic carbocycles. The Morgan fingerprint density at radius 2 is 1.39 bits per heavy atom. The maximum absolute atomic E-state index is 12.9. The van der Waals surface area contributed by atoms with Crippen LogP contribution in [0.25, 0.3) is 28.5 Å². The molecule has 0 fully saturated rings. The van der Waals surface area contributed by atoms with Crippen LogP contribution in [0.2, 0.25) is 0 Å².